The van der Waals surface area contributed by atoms with Gasteiger partial charge < -0.3 is 0 Å². The highest BCUT2D eigenvalue weighted by Gasteiger charge is 1.98. The first-order valence-electron chi connectivity index (χ1n) is 6.33. The Morgan fingerprint density at radius 2 is 1.94 bits per heavy atom. The molecule has 0 aromatic heterocycles. The van der Waals surface area contributed by atoms with Gasteiger partial charge in [-0.3, -0.25) is 0 Å². The van der Waals surface area contributed by atoms with Crippen molar-refractivity contribution in [2.75, 3.05) is 0 Å². The molecule has 0 amide bonds. The third-order valence-corrected chi connectivity index (χ3v) is 2.90. The molecule has 0 heteroatoms. The van der Waals surface area contributed by atoms with E-state index in [1.165, 1.54) is 16.7 Å². The Morgan fingerprint density at radius 3 is 2.72 bits per heavy atom. The molecule has 0 spiro atoms. The van der Waals surface area contributed by atoms with E-state index in [2.05, 4.69) is 79.8 Å². The molecule has 18 heavy (non-hydrogen) atoms. The van der Waals surface area contributed by atoms with Crippen LogP contribution in [0.2, 0.25) is 0 Å². The van der Waals surface area contributed by atoms with Crippen molar-refractivity contribution in [2.45, 2.75) is 13.3 Å². The molecule has 1 aliphatic rings. The van der Waals surface area contributed by atoms with Gasteiger partial charge in [0.2, 0.25) is 0 Å². The maximum atomic E-state index is 2.25. The van der Waals surface area contributed by atoms with E-state index in [1.807, 2.05) is 6.07 Å². The van der Waals surface area contributed by atoms with Crippen LogP contribution < -0.4 is 0 Å². The molecule has 0 saturated carbocycles. The fourth-order valence-corrected chi connectivity index (χ4v) is 1.90. The summed E-state index contributed by atoms with van der Waals surface area (Å²) in [5.41, 5.74) is 3.78. The predicted molar refractivity (Wildman–Crippen MR) is 80.2 cm³/mol. The van der Waals surface area contributed by atoms with E-state index < -0.39 is 0 Å². The average molecular weight is 234 g/mol. The number of rotatable bonds is 3. The van der Waals surface area contributed by atoms with Gasteiger partial charge in [-0.2, -0.15) is 0 Å². The Kier molecular flexibility index (Phi) is 4.54. The second kappa shape index (κ2) is 6.61. The third-order valence-electron chi connectivity index (χ3n) is 2.90. The molecule has 90 valence electrons. The zero-order valence-corrected chi connectivity index (χ0v) is 10.7. The minimum atomic E-state index is 0.999. The number of allylic oxidation sites excluding steroid dienone is 9. The van der Waals surface area contributed by atoms with Crippen LogP contribution in [0.25, 0.3) is 6.08 Å². The van der Waals surface area contributed by atoms with Gasteiger partial charge in [-0.1, -0.05) is 78.9 Å². The van der Waals surface area contributed by atoms with E-state index in [-0.39, 0.29) is 0 Å². The van der Waals surface area contributed by atoms with E-state index in [0.29, 0.717) is 0 Å². The van der Waals surface area contributed by atoms with Crippen LogP contribution >= 0.6 is 0 Å². The first-order valence-corrected chi connectivity index (χ1v) is 6.33. The molecule has 0 aliphatic heterocycles. The quantitative estimate of drug-likeness (QED) is 0.639. The van der Waals surface area contributed by atoms with Crippen molar-refractivity contribution >= 4 is 6.08 Å². The lowest BCUT2D eigenvalue weighted by molar-refractivity contribution is 1.36. The predicted octanol–water partition coefficient (Wildman–Crippen LogP) is 5.09. The summed E-state index contributed by atoms with van der Waals surface area (Å²) in [6, 6.07) is 10.4. The van der Waals surface area contributed by atoms with Crippen LogP contribution in [0.15, 0.2) is 84.0 Å². The zero-order valence-electron chi connectivity index (χ0n) is 10.7. The average Bonchev–Trinajstić information content (AvgIpc) is 2.70. The molecule has 0 saturated heterocycles. The van der Waals surface area contributed by atoms with Crippen LogP contribution in [0.3, 0.4) is 0 Å². The summed E-state index contributed by atoms with van der Waals surface area (Å²) in [5.74, 6) is 0. The summed E-state index contributed by atoms with van der Waals surface area (Å²) in [7, 11) is 0. The van der Waals surface area contributed by atoms with Gasteiger partial charge in [-0.15, -0.1) is 0 Å². The summed E-state index contributed by atoms with van der Waals surface area (Å²) in [5, 5.41) is 0. The van der Waals surface area contributed by atoms with Crippen LogP contribution in [-0.4, -0.2) is 0 Å². The molecule has 0 radical (unpaired) electrons. The summed E-state index contributed by atoms with van der Waals surface area (Å²) >= 11 is 0. The lowest BCUT2D eigenvalue weighted by Crippen LogP contribution is -1.82. The summed E-state index contributed by atoms with van der Waals surface area (Å²) in [6.07, 6.45) is 18.3. The van der Waals surface area contributed by atoms with Crippen molar-refractivity contribution in [1.29, 1.82) is 0 Å². The van der Waals surface area contributed by atoms with Crippen LogP contribution in [0.1, 0.15) is 18.9 Å². The molecule has 0 fully saturated rings. The molecule has 2 rings (SSSR count). The lowest BCUT2D eigenvalue weighted by atomic mass is 10.0. The van der Waals surface area contributed by atoms with Gasteiger partial charge in [0.1, 0.15) is 0 Å². The van der Waals surface area contributed by atoms with Gasteiger partial charge >= 0.3 is 0 Å². The Hall–Kier alpha value is -2.08. The molecular formula is C18H18. The molecule has 0 nitrogen and oxygen atoms in total. The highest BCUT2D eigenvalue weighted by molar-refractivity contribution is 5.58. The van der Waals surface area contributed by atoms with E-state index in [1.54, 1.807) is 0 Å². The molecule has 0 N–H and O–H groups in total. The van der Waals surface area contributed by atoms with E-state index in [9.17, 15) is 0 Å². The molecule has 0 heterocycles. The smallest absolute Gasteiger partial charge is 0.0157 e. The third kappa shape index (κ3) is 3.46. The summed E-state index contributed by atoms with van der Waals surface area (Å²) in [6.45, 7) is 2.08. The molecule has 0 bridgehead atoms. The Bertz CT molecular complexity index is 522. The van der Waals surface area contributed by atoms with E-state index in [0.717, 1.165) is 6.42 Å². The van der Waals surface area contributed by atoms with E-state index >= 15 is 0 Å². The highest BCUT2D eigenvalue weighted by atomic mass is 14.0. The van der Waals surface area contributed by atoms with Crippen molar-refractivity contribution in [1.82, 2.24) is 0 Å². The first-order chi connectivity index (χ1) is 8.90. The normalized spacial score (nSPS) is 15.8. The molecular weight excluding hydrogens is 216 g/mol. The van der Waals surface area contributed by atoms with Gasteiger partial charge in [-0.05, 0) is 30.1 Å². The van der Waals surface area contributed by atoms with Gasteiger partial charge in [-0.25, -0.2) is 0 Å². The van der Waals surface area contributed by atoms with Crippen molar-refractivity contribution in [3.05, 3.63) is 89.6 Å². The zero-order chi connectivity index (χ0) is 12.6. The van der Waals surface area contributed by atoms with Crippen molar-refractivity contribution < 1.29 is 0 Å². The second-order valence-electron chi connectivity index (χ2n) is 4.17. The Balaban J connectivity index is 2.16. The Labute approximate surface area is 109 Å². The van der Waals surface area contributed by atoms with Crippen LogP contribution in [0.4, 0.5) is 0 Å². The molecule has 0 unspecified atom stereocenters. The maximum absolute atomic E-state index is 2.25. The fourth-order valence-electron chi connectivity index (χ4n) is 1.90. The van der Waals surface area contributed by atoms with Crippen LogP contribution in [-0.2, 0) is 0 Å². The van der Waals surface area contributed by atoms with Crippen molar-refractivity contribution in [2.24, 2.45) is 0 Å². The SMILES string of the molecule is C/C=C(\C=Cc1ccccc1)C1=CCC=CC=C1. The fraction of sp³-hybridized carbons (Fsp3) is 0.111. The molecule has 1 aromatic rings. The largest absolute Gasteiger partial charge is 0.0807 e. The molecule has 1 aliphatic carbocycles. The van der Waals surface area contributed by atoms with E-state index in [4.69, 9.17) is 0 Å². The summed E-state index contributed by atoms with van der Waals surface area (Å²) < 4.78 is 0. The molecule has 0 atom stereocenters. The van der Waals surface area contributed by atoms with Gasteiger partial charge in [0, 0.05) is 0 Å². The van der Waals surface area contributed by atoms with Gasteiger partial charge in [0.15, 0.2) is 0 Å². The van der Waals surface area contributed by atoms with Crippen LogP contribution in [0, 0.1) is 0 Å². The minimum absolute atomic E-state index is 0.999. The number of hydrogen-bond donors (Lipinski definition) is 0. The Morgan fingerprint density at radius 1 is 1.11 bits per heavy atom. The van der Waals surface area contributed by atoms with Crippen LogP contribution in [0.5, 0.6) is 0 Å². The standard InChI is InChI=1S/C18H18/c1-2-17(18-12-8-3-4-9-13-18)15-14-16-10-6-5-7-11-16/h2-8,10-15H,9H2,1H3/b15-14?,17-2+. The van der Waals surface area contributed by atoms with Crippen molar-refractivity contribution in [3.8, 4) is 0 Å². The van der Waals surface area contributed by atoms with Crippen molar-refractivity contribution in [3.63, 3.8) is 0 Å². The second-order valence-corrected chi connectivity index (χ2v) is 4.17. The highest BCUT2D eigenvalue weighted by Crippen LogP contribution is 2.17. The van der Waals surface area contributed by atoms with Gasteiger partial charge in [0.05, 0.1) is 0 Å². The summed E-state index contributed by atoms with van der Waals surface area (Å²) in [4.78, 5) is 0. The number of benzene rings is 1. The topological polar surface area (TPSA) is 0 Å². The molecule has 1 aromatic carbocycles. The maximum Gasteiger partial charge on any atom is -0.0157 e. The minimum Gasteiger partial charge on any atom is -0.0807 e. The van der Waals surface area contributed by atoms with Gasteiger partial charge in [0.25, 0.3) is 0 Å². The number of hydrogen-bond acceptors (Lipinski definition) is 0. The lowest BCUT2D eigenvalue weighted by Gasteiger charge is -2.02. The first kappa shape index (κ1) is 12.4. The monoisotopic (exact) mass is 234 g/mol.